The van der Waals surface area contributed by atoms with E-state index in [2.05, 4.69) is 32.6 Å². The molecule has 96 valence electrons. The Bertz CT molecular complexity index is 268. The first kappa shape index (κ1) is 13.5. The molecule has 0 N–H and O–H groups in total. The fourth-order valence-electron chi connectivity index (χ4n) is 3.82. The predicted octanol–water partition coefficient (Wildman–Crippen LogP) is 5.41. The summed E-state index contributed by atoms with van der Waals surface area (Å²) in [6, 6.07) is 0. The van der Waals surface area contributed by atoms with Crippen LogP contribution in [0.25, 0.3) is 0 Å². The first-order valence-electron chi connectivity index (χ1n) is 7.65. The molecule has 0 spiro atoms. The standard InChI is InChI=1S/C15H29BSi/c1-13(17(2,3)4)11-12-16-14-7-5-8-15(16)10-6-9-14/h11,14-15H,5-10,12H2,1-4H3/b13-11-. The molecule has 2 rings (SSSR count). The Hall–Kier alpha value is 0.0218. The lowest BCUT2D eigenvalue weighted by atomic mass is 9.26. The van der Waals surface area contributed by atoms with Crippen molar-refractivity contribution in [2.75, 3.05) is 0 Å². The van der Waals surface area contributed by atoms with E-state index in [9.17, 15) is 0 Å². The molecule has 0 aromatic rings. The van der Waals surface area contributed by atoms with Gasteiger partial charge in [0.25, 0.3) is 0 Å². The first-order chi connectivity index (χ1) is 7.98. The van der Waals surface area contributed by atoms with Crippen LogP contribution in [-0.2, 0) is 0 Å². The molecule has 0 saturated carbocycles. The van der Waals surface area contributed by atoms with Crippen molar-refractivity contribution >= 4 is 14.8 Å². The maximum atomic E-state index is 2.62. The van der Waals surface area contributed by atoms with E-state index in [1.54, 1.807) is 5.20 Å². The van der Waals surface area contributed by atoms with E-state index < -0.39 is 8.07 Å². The Labute approximate surface area is 109 Å². The maximum Gasteiger partial charge on any atom is 0.150 e. The topological polar surface area (TPSA) is 0 Å². The number of hydrogen-bond acceptors (Lipinski definition) is 0. The van der Waals surface area contributed by atoms with Gasteiger partial charge in [-0.15, -0.1) is 0 Å². The lowest BCUT2D eigenvalue weighted by Crippen LogP contribution is -2.34. The van der Waals surface area contributed by atoms with Crippen LogP contribution in [0.3, 0.4) is 0 Å². The average Bonchev–Trinajstić information content (AvgIpc) is 2.23. The molecule has 0 aliphatic carbocycles. The molecule has 2 heteroatoms. The van der Waals surface area contributed by atoms with E-state index in [1.807, 2.05) is 0 Å². The monoisotopic (exact) mass is 248 g/mol. The summed E-state index contributed by atoms with van der Waals surface area (Å²) in [5.41, 5.74) is 0. The van der Waals surface area contributed by atoms with E-state index in [4.69, 9.17) is 0 Å². The van der Waals surface area contributed by atoms with Gasteiger partial charge < -0.3 is 0 Å². The highest BCUT2D eigenvalue weighted by atomic mass is 28.3. The van der Waals surface area contributed by atoms with Gasteiger partial charge in [0.1, 0.15) is 6.71 Å². The molecule has 0 aromatic carbocycles. The summed E-state index contributed by atoms with van der Waals surface area (Å²) in [5.74, 6) is 2.15. The second-order valence-electron chi connectivity index (χ2n) is 7.42. The molecule has 17 heavy (non-hydrogen) atoms. The van der Waals surface area contributed by atoms with Gasteiger partial charge in [0, 0.05) is 0 Å². The molecule has 2 aliphatic heterocycles. The predicted molar refractivity (Wildman–Crippen MR) is 82.9 cm³/mol. The van der Waals surface area contributed by atoms with E-state index >= 15 is 0 Å². The zero-order valence-corrected chi connectivity index (χ0v) is 13.3. The minimum atomic E-state index is -1.02. The van der Waals surface area contributed by atoms with Crippen LogP contribution < -0.4 is 0 Å². The third-order valence-corrected chi connectivity index (χ3v) is 7.96. The van der Waals surface area contributed by atoms with Crippen LogP contribution in [0, 0.1) is 0 Å². The fourth-order valence-corrected chi connectivity index (χ4v) is 4.55. The quantitative estimate of drug-likeness (QED) is 0.585. The second-order valence-corrected chi connectivity index (χ2v) is 12.7. The molecule has 0 aromatic heterocycles. The van der Waals surface area contributed by atoms with Gasteiger partial charge >= 0.3 is 0 Å². The largest absolute Gasteiger partial charge is 0.150 e. The van der Waals surface area contributed by atoms with Crippen LogP contribution in [0.4, 0.5) is 0 Å². The third-order valence-electron chi connectivity index (χ3n) is 5.39. The highest BCUT2D eigenvalue weighted by Crippen LogP contribution is 2.47. The van der Waals surface area contributed by atoms with Crippen LogP contribution in [0.15, 0.2) is 11.3 Å². The molecule has 0 nitrogen and oxygen atoms in total. The van der Waals surface area contributed by atoms with Crippen LogP contribution in [0.2, 0.25) is 37.6 Å². The SMILES string of the molecule is C/C(=C/CB1C2CCCC1CCC2)[Si](C)(C)C. The summed E-state index contributed by atoms with van der Waals surface area (Å²) in [5, 5.41) is 1.72. The zero-order chi connectivity index (χ0) is 12.5. The van der Waals surface area contributed by atoms with E-state index in [0.29, 0.717) is 0 Å². The minimum Gasteiger partial charge on any atom is -0.0966 e. The summed E-state index contributed by atoms with van der Waals surface area (Å²) < 4.78 is 0. The van der Waals surface area contributed by atoms with Gasteiger partial charge in [0.2, 0.25) is 0 Å². The van der Waals surface area contributed by atoms with Gasteiger partial charge in [-0.25, -0.2) is 0 Å². The number of rotatable bonds is 3. The van der Waals surface area contributed by atoms with Crippen LogP contribution in [-0.4, -0.2) is 14.8 Å². The molecule has 0 amide bonds. The summed E-state index contributed by atoms with van der Waals surface area (Å²) in [7, 11) is -1.02. The van der Waals surface area contributed by atoms with Crippen molar-refractivity contribution in [2.45, 2.75) is 83.0 Å². The third kappa shape index (κ3) is 3.27. The van der Waals surface area contributed by atoms with Gasteiger partial charge in [-0.1, -0.05) is 87.4 Å². The van der Waals surface area contributed by atoms with Gasteiger partial charge in [-0.3, -0.25) is 0 Å². The van der Waals surface area contributed by atoms with Crippen molar-refractivity contribution in [1.29, 1.82) is 0 Å². The molecule has 0 atom stereocenters. The van der Waals surface area contributed by atoms with Crippen molar-refractivity contribution in [3.8, 4) is 0 Å². The van der Waals surface area contributed by atoms with Crippen LogP contribution in [0.5, 0.6) is 0 Å². The summed E-state index contributed by atoms with van der Waals surface area (Å²) >= 11 is 0. The van der Waals surface area contributed by atoms with Gasteiger partial charge in [-0.2, -0.15) is 0 Å². The summed E-state index contributed by atoms with van der Waals surface area (Å²) in [6.07, 6.45) is 13.2. The molecule has 2 aliphatic rings. The molecular formula is C15H29BSi. The van der Waals surface area contributed by atoms with Crippen molar-refractivity contribution < 1.29 is 0 Å². The van der Waals surface area contributed by atoms with Gasteiger partial charge in [0.05, 0.1) is 8.07 Å². The molecule has 2 bridgehead atoms. The van der Waals surface area contributed by atoms with Crippen molar-refractivity contribution in [2.24, 2.45) is 0 Å². The molecule has 0 radical (unpaired) electrons. The van der Waals surface area contributed by atoms with Gasteiger partial charge in [-0.05, 0) is 6.92 Å². The van der Waals surface area contributed by atoms with Crippen LogP contribution >= 0.6 is 0 Å². The highest BCUT2D eigenvalue weighted by molar-refractivity contribution is 6.83. The molecule has 2 saturated heterocycles. The van der Waals surface area contributed by atoms with Gasteiger partial charge in [0.15, 0.2) is 0 Å². The Balaban J connectivity index is 1.98. The number of fused-ring (bicyclic) bond motifs is 2. The molecule has 0 unspecified atom stereocenters. The zero-order valence-electron chi connectivity index (χ0n) is 12.3. The lowest BCUT2D eigenvalue weighted by Gasteiger charge is -2.40. The first-order valence-corrected chi connectivity index (χ1v) is 11.2. The van der Waals surface area contributed by atoms with E-state index in [-0.39, 0.29) is 0 Å². The Morgan fingerprint density at radius 3 is 1.94 bits per heavy atom. The smallest absolute Gasteiger partial charge is 0.0966 e. The normalized spacial score (nSPS) is 30.6. The Morgan fingerprint density at radius 2 is 1.53 bits per heavy atom. The second kappa shape index (κ2) is 5.34. The summed E-state index contributed by atoms with van der Waals surface area (Å²) in [4.78, 5) is 0. The van der Waals surface area contributed by atoms with Crippen LogP contribution in [0.1, 0.15) is 45.4 Å². The van der Waals surface area contributed by atoms with Crippen molar-refractivity contribution in [1.82, 2.24) is 0 Å². The van der Waals surface area contributed by atoms with E-state index in [1.165, 1.54) is 44.8 Å². The lowest BCUT2D eigenvalue weighted by molar-refractivity contribution is 0.443. The number of allylic oxidation sites excluding steroid dienone is 2. The Morgan fingerprint density at radius 1 is 1.06 bits per heavy atom. The summed E-state index contributed by atoms with van der Waals surface area (Å²) in [6.45, 7) is 10.8. The fraction of sp³-hybridized carbons (Fsp3) is 0.867. The highest BCUT2D eigenvalue weighted by Gasteiger charge is 2.38. The maximum absolute atomic E-state index is 2.62. The Kier molecular flexibility index (Phi) is 4.23. The van der Waals surface area contributed by atoms with E-state index in [0.717, 1.165) is 18.3 Å². The molecule has 2 fully saturated rings. The van der Waals surface area contributed by atoms with Crippen molar-refractivity contribution in [3.05, 3.63) is 11.3 Å². The number of hydrogen-bond donors (Lipinski definition) is 0. The average molecular weight is 248 g/mol. The molecule has 2 heterocycles. The van der Waals surface area contributed by atoms with Crippen molar-refractivity contribution in [3.63, 3.8) is 0 Å². The molecular weight excluding hydrogens is 219 g/mol. The minimum absolute atomic E-state index is 1.02.